The molecule has 1 saturated heterocycles. The molecule has 12 heavy (non-hydrogen) atoms. The third kappa shape index (κ3) is 1.45. The summed E-state index contributed by atoms with van der Waals surface area (Å²) in [6, 6.07) is 0. The molecule has 0 aliphatic carbocycles. The number of thioether (sulfide) groups is 1. The lowest BCUT2D eigenvalue weighted by Crippen LogP contribution is -2.45. The number of hydrogen-bond donors (Lipinski definition) is 0. The van der Waals surface area contributed by atoms with Crippen LogP contribution in [0, 0.1) is 0 Å². The standard InChI is InChI=1S/C8H15N3S/c1-3-7-9-11-5-4-10(2)6-8(11)12-7/h8H,3-6H2,1-2H3. The highest BCUT2D eigenvalue weighted by Crippen LogP contribution is 2.29. The maximum absolute atomic E-state index is 4.55. The van der Waals surface area contributed by atoms with Crippen LogP contribution in [0.4, 0.5) is 0 Å². The lowest BCUT2D eigenvalue weighted by atomic mass is 10.4. The Morgan fingerprint density at radius 1 is 1.58 bits per heavy atom. The van der Waals surface area contributed by atoms with Crippen LogP contribution in [0.2, 0.25) is 0 Å². The Balaban J connectivity index is 2.00. The number of fused-ring (bicyclic) bond motifs is 1. The van der Waals surface area contributed by atoms with Crippen LogP contribution in [0.15, 0.2) is 5.10 Å². The van der Waals surface area contributed by atoms with Crippen molar-refractivity contribution in [3.8, 4) is 0 Å². The van der Waals surface area contributed by atoms with Crippen molar-refractivity contribution in [2.24, 2.45) is 5.10 Å². The fourth-order valence-electron chi connectivity index (χ4n) is 1.56. The van der Waals surface area contributed by atoms with Crippen LogP contribution in [0.3, 0.4) is 0 Å². The molecule has 3 nitrogen and oxygen atoms in total. The van der Waals surface area contributed by atoms with Crippen molar-refractivity contribution in [2.45, 2.75) is 18.7 Å². The fraction of sp³-hybridized carbons (Fsp3) is 0.875. The minimum Gasteiger partial charge on any atom is -0.302 e. The fourth-order valence-corrected chi connectivity index (χ4v) is 2.80. The van der Waals surface area contributed by atoms with Gasteiger partial charge in [0.25, 0.3) is 0 Å². The molecule has 0 N–H and O–H groups in total. The molecule has 0 aromatic rings. The Bertz CT molecular complexity index is 204. The second kappa shape index (κ2) is 3.26. The smallest absolute Gasteiger partial charge is 0.111 e. The summed E-state index contributed by atoms with van der Waals surface area (Å²) in [5.74, 6) is 0. The molecule has 2 heterocycles. The zero-order chi connectivity index (χ0) is 8.55. The van der Waals surface area contributed by atoms with Crippen LogP contribution >= 0.6 is 11.8 Å². The first-order valence-corrected chi connectivity index (χ1v) is 5.37. The molecule has 68 valence electrons. The summed E-state index contributed by atoms with van der Waals surface area (Å²) in [7, 11) is 2.18. The largest absolute Gasteiger partial charge is 0.302 e. The van der Waals surface area contributed by atoms with Gasteiger partial charge in [0.05, 0.1) is 11.6 Å². The minimum absolute atomic E-state index is 0.596. The van der Waals surface area contributed by atoms with Gasteiger partial charge >= 0.3 is 0 Å². The van der Waals surface area contributed by atoms with Gasteiger partial charge < -0.3 is 4.90 Å². The predicted octanol–water partition coefficient (Wildman–Crippen LogP) is 1.03. The predicted molar refractivity (Wildman–Crippen MR) is 53.3 cm³/mol. The third-order valence-electron chi connectivity index (χ3n) is 2.33. The van der Waals surface area contributed by atoms with Crippen LogP contribution in [-0.4, -0.2) is 47.0 Å². The molecule has 1 unspecified atom stereocenters. The van der Waals surface area contributed by atoms with E-state index in [2.05, 4.69) is 29.0 Å². The summed E-state index contributed by atoms with van der Waals surface area (Å²) in [4.78, 5) is 2.38. The molecule has 0 bridgehead atoms. The number of likely N-dealkylation sites (N-methyl/N-ethyl adjacent to an activating group) is 1. The molecular weight excluding hydrogens is 170 g/mol. The van der Waals surface area contributed by atoms with Gasteiger partial charge in [0.15, 0.2) is 0 Å². The molecule has 0 aromatic carbocycles. The summed E-state index contributed by atoms with van der Waals surface area (Å²) >= 11 is 1.93. The average Bonchev–Trinajstić information content (AvgIpc) is 2.46. The van der Waals surface area contributed by atoms with Crippen LogP contribution < -0.4 is 0 Å². The second-order valence-corrected chi connectivity index (χ2v) is 4.60. The molecular formula is C8H15N3S. The third-order valence-corrected chi connectivity index (χ3v) is 3.63. The van der Waals surface area contributed by atoms with Gasteiger partial charge in [-0.05, 0) is 13.5 Å². The molecule has 0 saturated carbocycles. The van der Waals surface area contributed by atoms with Crippen LogP contribution in [0.5, 0.6) is 0 Å². The van der Waals surface area contributed by atoms with Crippen LogP contribution in [-0.2, 0) is 0 Å². The Morgan fingerprint density at radius 2 is 2.42 bits per heavy atom. The summed E-state index contributed by atoms with van der Waals surface area (Å²) < 4.78 is 0. The first kappa shape index (κ1) is 8.38. The highest BCUT2D eigenvalue weighted by atomic mass is 32.2. The monoisotopic (exact) mass is 185 g/mol. The van der Waals surface area contributed by atoms with Gasteiger partial charge in [-0.3, -0.25) is 5.01 Å². The van der Waals surface area contributed by atoms with Gasteiger partial charge in [-0.1, -0.05) is 18.7 Å². The zero-order valence-corrected chi connectivity index (χ0v) is 8.47. The minimum atomic E-state index is 0.596. The van der Waals surface area contributed by atoms with Gasteiger partial charge in [-0.25, -0.2) is 0 Å². The number of rotatable bonds is 1. The molecule has 2 aliphatic heterocycles. The van der Waals surface area contributed by atoms with E-state index in [0.717, 1.165) is 26.1 Å². The van der Waals surface area contributed by atoms with Crippen molar-refractivity contribution >= 4 is 16.8 Å². The van der Waals surface area contributed by atoms with E-state index < -0.39 is 0 Å². The molecule has 2 rings (SSSR count). The number of hydrazone groups is 1. The van der Waals surface area contributed by atoms with Crippen molar-refractivity contribution < 1.29 is 0 Å². The molecule has 0 spiro atoms. The van der Waals surface area contributed by atoms with E-state index in [1.165, 1.54) is 5.04 Å². The Labute approximate surface area is 77.8 Å². The van der Waals surface area contributed by atoms with Gasteiger partial charge in [-0.2, -0.15) is 5.10 Å². The topological polar surface area (TPSA) is 18.8 Å². The Kier molecular flexibility index (Phi) is 2.28. The van der Waals surface area contributed by atoms with E-state index in [1.807, 2.05) is 11.8 Å². The molecule has 0 radical (unpaired) electrons. The van der Waals surface area contributed by atoms with Crippen molar-refractivity contribution in [3.05, 3.63) is 0 Å². The quantitative estimate of drug-likeness (QED) is 0.608. The molecule has 0 amide bonds. The van der Waals surface area contributed by atoms with Gasteiger partial charge in [-0.15, -0.1) is 0 Å². The Hall–Kier alpha value is -0.220. The van der Waals surface area contributed by atoms with Crippen LogP contribution in [0.25, 0.3) is 0 Å². The van der Waals surface area contributed by atoms with Crippen molar-refractivity contribution in [1.29, 1.82) is 0 Å². The zero-order valence-electron chi connectivity index (χ0n) is 7.66. The molecule has 1 fully saturated rings. The lowest BCUT2D eigenvalue weighted by Gasteiger charge is -2.33. The first-order valence-electron chi connectivity index (χ1n) is 4.49. The summed E-state index contributed by atoms with van der Waals surface area (Å²) in [5.41, 5.74) is 0. The van der Waals surface area contributed by atoms with E-state index in [-0.39, 0.29) is 0 Å². The lowest BCUT2D eigenvalue weighted by molar-refractivity contribution is 0.145. The Morgan fingerprint density at radius 3 is 3.17 bits per heavy atom. The molecule has 1 atom stereocenters. The molecule has 0 aromatic heterocycles. The highest BCUT2D eigenvalue weighted by Gasteiger charge is 2.30. The van der Waals surface area contributed by atoms with E-state index in [4.69, 9.17) is 0 Å². The summed E-state index contributed by atoms with van der Waals surface area (Å²) in [6.45, 7) is 5.57. The van der Waals surface area contributed by atoms with E-state index in [9.17, 15) is 0 Å². The molecule has 4 heteroatoms. The number of hydrogen-bond acceptors (Lipinski definition) is 4. The average molecular weight is 185 g/mol. The summed E-state index contributed by atoms with van der Waals surface area (Å²) in [5, 5.41) is 8.69. The van der Waals surface area contributed by atoms with E-state index in [0.29, 0.717) is 5.37 Å². The van der Waals surface area contributed by atoms with Gasteiger partial charge in [0.1, 0.15) is 5.37 Å². The van der Waals surface area contributed by atoms with Crippen molar-refractivity contribution in [2.75, 3.05) is 26.7 Å². The number of piperazine rings is 1. The normalized spacial score (nSPS) is 30.3. The van der Waals surface area contributed by atoms with Gasteiger partial charge in [0.2, 0.25) is 0 Å². The SMILES string of the molecule is CCC1=NN2CCN(C)CC2S1. The molecule has 2 aliphatic rings. The van der Waals surface area contributed by atoms with Crippen molar-refractivity contribution in [3.63, 3.8) is 0 Å². The maximum atomic E-state index is 4.55. The highest BCUT2D eigenvalue weighted by molar-refractivity contribution is 8.14. The van der Waals surface area contributed by atoms with E-state index in [1.54, 1.807) is 0 Å². The number of nitrogens with zero attached hydrogens (tertiary/aromatic N) is 3. The first-order chi connectivity index (χ1) is 5.79. The second-order valence-electron chi connectivity index (χ2n) is 3.35. The van der Waals surface area contributed by atoms with Gasteiger partial charge in [0, 0.05) is 13.1 Å². The van der Waals surface area contributed by atoms with Crippen LogP contribution in [0.1, 0.15) is 13.3 Å². The van der Waals surface area contributed by atoms with E-state index >= 15 is 0 Å². The van der Waals surface area contributed by atoms with Crippen molar-refractivity contribution in [1.82, 2.24) is 9.91 Å². The maximum Gasteiger partial charge on any atom is 0.111 e. The summed E-state index contributed by atoms with van der Waals surface area (Å²) in [6.07, 6.45) is 1.08.